The molecule has 1 unspecified atom stereocenters. The minimum absolute atomic E-state index is 0.119. The van der Waals surface area contributed by atoms with E-state index in [1.807, 2.05) is 30.3 Å². The summed E-state index contributed by atoms with van der Waals surface area (Å²) in [7, 11) is 1.62. The molecule has 4 N–H and O–H groups in total. The van der Waals surface area contributed by atoms with E-state index in [9.17, 15) is 9.59 Å². The van der Waals surface area contributed by atoms with E-state index in [0.29, 0.717) is 19.4 Å². The van der Waals surface area contributed by atoms with Gasteiger partial charge in [-0.3, -0.25) is 9.59 Å². The van der Waals surface area contributed by atoms with Crippen LogP contribution in [0.25, 0.3) is 0 Å². The Bertz CT molecular complexity index is 833. The molecule has 2 amide bonds. The van der Waals surface area contributed by atoms with Gasteiger partial charge in [-0.15, -0.1) is 0 Å². The third kappa shape index (κ3) is 3.41. The van der Waals surface area contributed by atoms with Crippen LogP contribution in [0, 0.1) is 0 Å². The van der Waals surface area contributed by atoms with Crippen LogP contribution in [-0.2, 0) is 28.1 Å². The number of nitrogens with two attached hydrogens (primary N) is 1. The molecule has 0 saturated heterocycles. The Labute approximate surface area is 152 Å². The molecular weight excluding hydrogens is 330 g/mol. The highest BCUT2D eigenvalue weighted by atomic mass is 16.5. The van der Waals surface area contributed by atoms with Crippen LogP contribution in [0.15, 0.2) is 42.5 Å². The first-order valence-corrected chi connectivity index (χ1v) is 8.54. The first-order valence-electron chi connectivity index (χ1n) is 8.54. The van der Waals surface area contributed by atoms with E-state index in [1.165, 1.54) is 6.92 Å². The highest BCUT2D eigenvalue weighted by Gasteiger charge is 2.42. The number of methoxy groups -OCH3 is 1. The molecule has 0 radical (unpaired) electrons. The molecule has 2 aromatic carbocycles. The Hall–Kier alpha value is -2.86. The predicted molar refractivity (Wildman–Crippen MR) is 99.8 cm³/mol. The Morgan fingerprint density at radius 1 is 1.19 bits per heavy atom. The molecule has 0 saturated carbocycles. The molecule has 0 bridgehead atoms. The van der Waals surface area contributed by atoms with Gasteiger partial charge in [0.2, 0.25) is 11.8 Å². The van der Waals surface area contributed by atoms with Gasteiger partial charge in [-0.05, 0) is 47.7 Å². The number of hydrogen-bond donors (Lipinski definition) is 3. The lowest BCUT2D eigenvalue weighted by molar-refractivity contribution is -0.126. The number of rotatable bonds is 5. The first-order chi connectivity index (χ1) is 12.4. The quantitative estimate of drug-likeness (QED) is 0.767. The second-order valence-electron chi connectivity index (χ2n) is 6.52. The molecule has 0 heterocycles. The molecule has 1 aliphatic rings. The largest absolute Gasteiger partial charge is 0.496 e. The Balaban J connectivity index is 1.69. The number of carbonyl (C=O) groups is 2. The number of hydrogen-bond acceptors (Lipinski definition) is 4. The summed E-state index contributed by atoms with van der Waals surface area (Å²) in [6.07, 6.45) is 1.27. The summed E-state index contributed by atoms with van der Waals surface area (Å²) < 4.78 is 5.38. The minimum Gasteiger partial charge on any atom is -0.496 e. The summed E-state index contributed by atoms with van der Waals surface area (Å²) in [4.78, 5) is 23.8. The standard InChI is InChI=1S/C20H23N3O3/c1-13(24)23-15-8-6-14(7-9-15)12-22-19(25)20(21)11-10-16-17(20)4-3-5-18(16)26-2/h3-9H,10-12,21H2,1-2H3,(H,22,25)(H,23,24). The van der Waals surface area contributed by atoms with Crippen molar-refractivity contribution in [2.45, 2.75) is 31.8 Å². The van der Waals surface area contributed by atoms with Gasteiger partial charge in [0, 0.05) is 19.2 Å². The molecule has 0 fully saturated rings. The molecule has 1 aliphatic carbocycles. The highest BCUT2D eigenvalue weighted by Crippen LogP contribution is 2.39. The van der Waals surface area contributed by atoms with E-state index in [-0.39, 0.29) is 11.8 Å². The van der Waals surface area contributed by atoms with E-state index in [4.69, 9.17) is 10.5 Å². The number of nitrogens with one attached hydrogen (secondary N) is 2. The fourth-order valence-corrected chi connectivity index (χ4v) is 3.37. The van der Waals surface area contributed by atoms with Gasteiger partial charge >= 0.3 is 0 Å². The minimum atomic E-state index is -1.04. The van der Waals surface area contributed by atoms with Gasteiger partial charge in [0.25, 0.3) is 0 Å². The molecule has 3 rings (SSSR count). The van der Waals surface area contributed by atoms with Crippen molar-refractivity contribution in [3.63, 3.8) is 0 Å². The number of anilines is 1. The molecule has 2 aromatic rings. The van der Waals surface area contributed by atoms with E-state index in [2.05, 4.69) is 10.6 Å². The molecule has 0 spiro atoms. The molecule has 6 heteroatoms. The molecule has 6 nitrogen and oxygen atoms in total. The molecular formula is C20H23N3O3. The third-order valence-electron chi connectivity index (χ3n) is 4.74. The fraction of sp³-hybridized carbons (Fsp3) is 0.300. The summed E-state index contributed by atoms with van der Waals surface area (Å²) in [6, 6.07) is 13.0. The molecule has 26 heavy (non-hydrogen) atoms. The first kappa shape index (κ1) is 17.9. The Morgan fingerprint density at radius 3 is 2.58 bits per heavy atom. The van der Waals surface area contributed by atoms with Crippen molar-refractivity contribution in [1.29, 1.82) is 0 Å². The SMILES string of the molecule is COc1cccc2c1CCC2(N)C(=O)NCc1ccc(NC(C)=O)cc1. The van der Waals surface area contributed by atoms with Crippen molar-refractivity contribution in [1.82, 2.24) is 5.32 Å². The Morgan fingerprint density at radius 2 is 1.92 bits per heavy atom. The van der Waals surface area contributed by atoms with Gasteiger partial charge in [-0.1, -0.05) is 24.3 Å². The highest BCUT2D eigenvalue weighted by molar-refractivity contribution is 5.89. The lowest BCUT2D eigenvalue weighted by atomic mass is 9.91. The molecule has 0 aliphatic heterocycles. The average molecular weight is 353 g/mol. The van der Waals surface area contributed by atoms with E-state index in [1.54, 1.807) is 19.2 Å². The monoisotopic (exact) mass is 353 g/mol. The molecule has 1 atom stereocenters. The predicted octanol–water partition coefficient (Wildman–Crippen LogP) is 2.07. The van der Waals surface area contributed by atoms with Crippen LogP contribution >= 0.6 is 0 Å². The van der Waals surface area contributed by atoms with Gasteiger partial charge in [0.1, 0.15) is 11.3 Å². The summed E-state index contributed by atoms with van der Waals surface area (Å²) >= 11 is 0. The zero-order valence-electron chi connectivity index (χ0n) is 15.0. The van der Waals surface area contributed by atoms with Crippen LogP contribution < -0.4 is 21.1 Å². The maximum absolute atomic E-state index is 12.8. The normalized spacial score (nSPS) is 18.1. The van der Waals surface area contributed by atoms with Gasteiger partial charge in [-0.25, -0.2) is 0 Å². The van der Waals surface area contributed by atoms with Crippen molar-refractivity contribution in [2.24, 2.45) is 5.73 Å². The summed E-state index contributed by atoms with van der Waals surface area (Å²) in [6.45, 7) is 1.83. The second kappa shape index (κ2) is 7.17. The van der Waals surface area contributed by atoms with Crippen molar-refractivity contribution in [3.8, 4) is 5.75 Å². The van der Waals surface area contributed by atoms with Crippen molar-refractivity contribution in [2.75, 3.05) is 12.4 Å². The summed E-state index contributed by atoms with van der Waals surface area (Å²) in [5.74, 6) is 0.457. The lowest BCUT2D eigenvalue weighted by Crippen LogP contribution is -2.49. The van der Waals surface area contributed by atoms with E-state index < -0.39 is 5.54 Å². The molecule has 136 valence electrons. The summed E-state index contributed by atoms with van der Waals surface area (Å²) in [5, 5.41) is 5.64. The maximum atomic E-state index is 12.8. The number of amides is 2. The van der Waals surface area contributed by atoms with Crippen molar-refractivity contribution < 1.29 is 14.3 Å². The van der Waals surface area contributed by atoms with Crippen LogP contribution in [0.4, 0.5) is 5.69 Å². The average Bonchev–Trinajstić information content (AvgIpc) is 2.99. The lowest BCUT2D eigenvalue weighted by Gasteiger charge is -2.24. The maximum Gasteiger partial charge on any atom is 0.244 e. The van der Waals surface area contributed by atoms with Crippen LogP contribution in [0.2, 0.25) is 0 Å². The number of carbonyl (C=O) groups excluding carboxylic acids is 2. The van der Waals surface area contributed by atoms with E-state index >= 15 is 0 Å². The third-order valence-corrected chi connectivity index (χ3v) is 4.74. The van der Waals surface area contributed by atoms with Crippen LogP contribution in [-0.4, -0.2) is 18.9 Å². The van der Waals surface area contributed by atoms with Gasteiger partial charge in [0.05, 0.1) is 7.11 Å². The fourth-order valence-electron chi connectivity index (χ4n) is 3.37. The number of fused-ring (bicyclic) bond motifs is 1. The smallest absolute Gasteiger partial charge is 0.244 e. The van der Waals surface area contributed by atoms with Crippen LogP contribution in [0.3, 0.4) is 0 Å². The van der Waals surface area contributed by atoms with Crippen molar-refractivity contribution >= 4 is 17.5 Å². The zero-order chi connectivity index (χ0) is 18.7. The van der Waals surface area contributed by atoms with Gasteiger partial charge < -0.3 is 21.1 Å². The van der Waals surface area contributed by atoms with Crippen molar-refractivity contribution in [3.05, 3.63) is 59.2 Å². The van der Waals surface area contributed by atoms with Gasteiger partial charge in [-0.2, -0.15) is 0 Å². The number of benzene rings is 2. The van der Waals surface area contributed by atoms with E-state index in [0.717, 1.165) is 28.1 Å². The zero-order valence-corrected chi connectivity index (χ0v) is 15.0. The van der Waals surface area contributed by atoms with Crippen LogP contribution in [0.5, 0.6) is 5.75 Å². The topological polar surface area (TPSA) is 93.4 Å². The summed E-state index contributed by atoms with van der Waals surface area (Å²) in [5.41, 5.74) is 8.91. The second-order valence-corrected chi connectivity index (χ2v) is 6.52. The Kier molecular flexibility index (Phi) is 4.95. The number of ether oxygens (including phenoxy) is 1. The van der Waals surface area contributed by atoms with Gasteiger partial charge in [0.15, 0.2) is 0 Å². The van der Waals surface area contributed by atoms with Crippen LogP contribution in [0.1, 0.15) is 30.0 Å². The molecule has 0 aromatic heterocycles.